The molecule has 0 unspecified atom stereocenters. The van der Waals surface area contributed by atoms with E-state index in [4.69, 9.17) is 25.8 Å². The van der Waals surface area contributed by atoms with E-state index in [9.17, 15) is 4.79 Å². The van der Waals surface area contributed by atoms with Gasteiger partial charge >= 0.3 is 0 Å². The second-order valence-corrected chi connectivity index (χ2v) is 7.13. The summed E-state index contributed by atoms with van der Waals surface area (Å²) in [5.74, 6) is -0.699. The van der Waals surface area contributed by atoms with Crippen LogP contribution in [0.1, 0.15) is 24.0 Å². The van der Waals surface area contributed by atoms with E-state index in [1.54, 1.807) is 11.0 Å². The quantitative estimate of drug-likeness (QED) is 0.726. The highest BCUT2D eigenvalue weighted by Crippen LogP contribution is 2.48. The standard InChI is InChI=1S/C21H22ClNO4/c1-15-7-2-3-10-18(15)25-12-5-11-23-19-16(8-4-9-17(19)22)21(20(23)24)26-13-6-14-27-21/h2-4,7-10H,5-6,11-14H2,1H3. The molecule has 2 heterocycles. The van der Waals surface area contributed by atoms with Crippen molar-refractivity contribution < 1.29 is 19.0 Å². The van der Waals surface area contributed by atoms with Gasteiger partial charge in [0, 0.05) is 12.1 Å². The molecule has 2 aliphatic rings. The van der Waals surface area contributed by atoms with Crippen molar-refractivity contribution in [3.63, 3.8) is 0 Å². The first-order valence-electron chi connectivity index (χ1n) is 9.21. The zero-order valence-corrected chi connectivity index (χ0v) is 16.0. The number of hydrogen-bond acceptors (Lipinski definition) is 4. The zero-order chi connectivity index (χ0) is 18.9. The molecule has 0 aromatic heterocycles. The SMILES string of the molecule is Cc1ccccc1OCCCN1C(=O)C2(OCCCO2)c2cccc(Cl)c21. The Balaban J connectivity index is 1.50. The predicted molar refractivity (Wildman–Crippen MR) is 103 cm³/mol. The third-order valence-corrected chi connectivity index (χ3v) is 5.22. The molecule has 1 amide bonds. The van der Waals surface area contributed by atoms with Crippen LogP contribution in [0, 0.1) is 6.92 Å². The fraction of sp³-hybridized carbons (Fsp3) is 0.381. The Morgan fingerprint density at radius 1 is 1.15 bits per heavy atom. The minimum atomic E-state index is -1.35. The van der Waals surface area contributed by atoms with Crippen molar-refractivity contribution in [1.82, 2.24) is 0 Å². The fourth-order valence-corrected chi connectivity index (χ4v) is 3.87. The Bertz CT molecular complexity index is 848. The number of amides is 1. The third-order valence-electron chi connectivity index (χ3n) is 4.91. The molecule has 2 aliphatic heterocycles. The summed E-state index contributed by atoms with van der Waals surface area (Å²) in [6.45, 7) is 3.97. The molecular weight excluding hydrogens is 366 g/mol. The van der Waals surface area contributed by atoms with Crippen LogP contribution in [-0.4, -0.2) is 32.3 Å². The second-order valence-electron chi connectivity index (χ2n) is 6.73. The van der Waals surface area contributed by atoms with Gasteiger partial charge in [0.15, 0.2) is 0 Å². The maximum absolute atomic E-state index is 13.2. The van der Waals surface area contributed by atoms with E-state index in [1.165, 1.54) is 0 Å². The number of para-hydroxylation sites is 2. The molecular formula is C21H22ClNO4. The Hall–Kier alpha value is -2.08. The maximum atomic E-state index is 13.2. The molecule has 0 atom stereocenters. The number of aryl methyl sites for hydroxylation is 1. The Morgan fingerprint density at radius 2 is 1.93 bits per heavy atom. The number of halogens is 1. The molecule has 0 saturated carbocycles. The molecule has 1 spiro atoms. The summed E-state index contributed by atoms with van der Waals surface area (Å²) in [7, 11) is 0. The average Bonchev–Trinajstić information content (AvgIpc) is 2.91. The van der Waals surface area contributed by atoms with Gasteiger partial charge in [-0.2, -0.15) is 0 Å². The minimum absolute atomic E-state index is 0.207. The number of anilines is 1. The molecule has 0 aliphatic carbocycles. The predicted octanol–water partition coefficient (Wildman–Crippen LogP) is 4.05. The average molecular weight is 388 g/mol. The first-order valence-corrected chi connectivity index (χ1v) is 9.58. The highest BCUT2D eigenvalue weighted by atomic mass is 35.5. The van der Waals surface area contributed by atoms with Gasteiger partial charge in [0.05, 0.1) is 30.5 Å². The van der Waals surface area contributed by atoms with Gasteiger partial charge in [-0.25, -0.2) is 0 Å². The van der Waals surface area contributed by atoms with E-state index in [-0.39, 0.29) is 5.91 Å². The fourth-order valence-electron chi connectivity index (χ4n) is 3.60. The normalized spacial score (nSPS) is 18.0. The lowest BCUT2D eigenvalue weighted by atomic mass is 10.1. The van der Waals surface area contributed by atoms with Crippen LogP contribution >= 0.6 is 11.6 Å². The summed E-state index contributed by atoms with van der Waals surface area (Å²) in [5, 5.41) is 0.523. The van der Waals surface area contributed by atoms with Crippen molar-refractivity contribution in [2.45, 2.75) is 25.6 Å². The molecule has 0 radical (unpaired) electrons. The number of fused-ring (bicyclic) bond motifs is 2. The summed E-state index contributed by atoms with van der Waals surface area (Å²) in [6, 6.07) is 13.3. The lowest BCUT2D eigenvalue weighted by Crippen LogP contribution is -2.47. The van der Waals surface area contributed by atoms with Crippen molar-refractivity contribution in [2.75, 3.05) is 31.3 Å². The van der Waals surface area contributed by atoms with Gasteiger partial charge in [-0.15, -0.1) is 0 Å². The minimum Gasteiger partial charge on any atom is -0.493 e. The van der Waals surface area contributed by atoms with Gasteiger partial charge < -0.3 is 19.1 Å². The molecule has 6 heteroatoms. The third kappa shape index (κ3) is 3.20. The van der Waals surface area contributed by atoms with Crippen LogP contribution in [0.2, 0.25) is 5.02 Å². The van der Waals surface area contributed by atoms with E-state index < -0.39 is 5.79 Å². The van der Waals surface area contributed by atoms with Crippen molar-refractivity contribution in [3.05, 3.63) is 58.6 Å². The van der Waals surface area contributed by atoms with E-state index in [1.807, 2.05) is 43.3 Å². The van der Waals surface area contributed by atoms with Crippen LogP contribution in [0.25, 0.3) is 0 Å². The van der Waals surface area contributed by atoms with Gasteiger partial charge in [0.1, 0.15) is 5.75 Å². The summed E-state index contributed by atoms with van der Waals surface area (Å²) in [6.07, 6.45) is 1.44. The highest BCUT2D eigenvalue weighted by molar-refractivity contribution is 6.35. The summed E-state index contributed by atoms with van der Waals surface area (Å²) in [5.41, 5.74) is 2.47. The topological polar surface area (TPSA) is 48.0 Å². The molecule has 0 N–H and O–H groups in total. The number of carbonyl (C=O) groups excluding carboxylic acids is 1. The van der Waals surface area contributed by atoms with E-state index >= 15 is 0 Å². The number of carbonyl (C=O) groups is 1. The molecule has 1 saturated heterocycles. The van der Waals surface area contributed by atoms with Crippen molar-refractivity contribution in [1.29, 1.82) is 0 Å². The van der Waals surface area contributed by atoms with Crippen LogP contribution in [0.5, 0.6) is 5.75 Å². The first-order chi connectivity index (χ1) is 13.1. The second kappa shape index (κ2) is 7.50. The van der Waals surface area contributed by atoms with Crippen LogP contribution < -0.4 is 9.64 Å². The molecule has 27 heavy (non-hydrogen) atoms. The number of ether oxygens (including phenoxy) is 3. The monoisotopic (exact) mass is 387 g/mol. The summed E-state index contributed by atoms with van der Waals surface area (Å²) < 4.78 is 17.5. The van der Waals surface area contributed by atoms with E-state index in [2.05, 4.69) is 0 Å². The largest absolute Gasteiger partial charge is 0.493 e. The Morgan fingerprint density at radius 3 is 2.70 bits per heavy atom. The van der Waals surface area contributed by atoms with Crippen molar-refractivity contribution >= 4 is 23.2 Å². The van der Waals surface area contributed by atoms with Gasteiger partial charge in [-0.3, -0.25) is 4.79 Å². The number of nitrogens with zero attached hydrogens (tertiary/aromatic N) is 1. The van der Waals surface area contributed by atoms with E-state index in [0.717, 1.165) is 17.7 Å². The first kappa shape index (κ1) is 18.3. The number of hydrogen-bond donors (Lipinski definition) is 0. The van der Waals surface area contributed by atoms with Crippen LogP contribution in [0.15, 0.2) is 42.5 Å². The van der Waals surface area contributed by atoms with Crippen molar-refractivity contribution in [3.8, 4) is 5.75 Å². The van der Waals surface area contributed by atoms with Gasteiger partial charge in [-0.05, 0) is 37.5 Å². The lowest BCUT2D eigenvalue weighted by molar-refractivity contribution is -0.256. The van der Waals surface area contributed by atoms with Gasteiger partial charge in [0.25, 0.3) is 11.7 Å². The number of rotatable bonds is 5. The Kier molecular flexibility index (Phi) is 5.08. The van der Waals surface area contributed by atoms with Crippen LogP contribution in [0.4, 0.5) is 5.69 Å². The van der Waals surface area contributed by atoms with Crippen LogP contribution in [0.3, 0.4) is 0 Å². The summed E-state index contributed by atoms with van der Waals surface area (Å²) in [4.78, 5) is 14.9. The van der Waals surface area contributed by atoms with Gasteiger partial charge in [0.2, 0.25) is 0 Å². The smallest absolute Gasteiger partial charge is 0.292 e. The van der Waals surface area contributed by atoms with Crippen molar-refractivity contribution in [2.24, 2.45) is 0 Å². The Labute approximate surface area is 163 Å². The van der Waals surface area contributed by atoms with Gasteiger partial charge in [-0.1, -0.05) is 41.9 Å². The molecule has 142 valence electrons. The van der Waals surface area contributed by atoms with Crippen LogP contribution in [-0.2, 0) is 20.1 Å². The lowest BCUT2D eigenvalue weighted by Gasteiger charge is -2.32. The highest BCUT2D eigenvalue weighted by Gasteiger charge is 2.55. The number of benzene rings is 2. The maximum Gasteiger partial charge on any atom is 0.292 e. The molecule has 5 nitrogen and oxygen atoms in total. The molecule has 4 rings (SSSR count). The summed E-state index contributed by atoms with van der Waals surface area (Å²) >= 11 is 6.43. The molecule has 2 aromatic carbocycles. The molecule has 2 aromatic rings. The van der Waals surface area contributed by atoms with E-state index in [0.29, 0.717) is 49.1 Å². The zero-order valence-electron chi connectivity index (χ0n) is 15.2. The molecule has 0 bridgehead atoms. The molecule has 1 fully saturated rings.